The fraction of sp³-hybridized carbons (Fsp3) is 0.400. The number of rotatable bonds is 5. The molecule has 3 atom stereocenters. The van der Waals surface area contributed by atoms with Crippen molar-refractivity contribution < 1.29 is 17.3 Å². The van der Waals surface area contributed by atoms with Crippen LogP contribution in [0.1, 0.15) is 42.9 Å². The Morgan fingerprint density at radius 2 is 1.76 bits per heavy atom. The molecule has 5 heteroatoms. The first-order chi connectivity index (χ1) is 12.0. The SMILES string of the molecule is CCC(C)c1ccc(OS(=O)(=O)c2ccc3c(c2)CC2OC2C3)cc1. The predicted molar refractivity (Wildman–Crippen MR) is 95.5 cm³/mol. The average Bonchev–Trinajstić information content (AvgIpc) is 3.36. The molecule has 0 bridgehead atoms. The predicted octanol–water partition coefficient (Wildman–Crippen LogP) is 3.83. The Balaban J connectivity index is 1.54. The summed E-state index contributed by atoms with van der Waals surface area (Å²) in [6.45, 7) is 4.28. The van der Waals surface area contributed by atoms with Gasteiger partial charge in [0.2, 0.25) is 0 Å². The van der Waals surface area contributed by atoms with Crippen LogP contribution in [0.3, 0.4) is 0 Å². The monoisotopic (exact) mass is 358 g/mol. The van der Waals surface area contributed by atoms with E-state index < -0.39 is 10.1 Å². The maximum absolute atomic E-state index is 12.6. The summed E-state index contributed by atoms with van der Waals surface area (Å²) in [6.07, 6.45) is 3.29. The van der Waals surface area contributed by atoms with Gasteiger partial charge in [0.05, 0.1) is 12.2 Å². The van der Waals surface area contributed by atoms with Crippen molar-refractivity contribution in [1.82, 2.24) is 0 Å². The van der Waals surface area contributed by atoms with Crippen molar-refractivity contribution in [2.45, 2.75) is 56.1 Å². The highest BCUT2D eigenvalue weighted by Gasteiger charge is 2.42. The molecule has 2 aliphatic rings. The van der Waals surface area contributed by atoms with Crippen LogP contribution < -0.4 is 4.18 Å². The first kappa shape index (κ1) is 16.6. The third kappa shape index (κ3) is 3.31. The first-order valence-corrected chi connectivity index (χ1v) is 10.2. The highest BCUT2D eigenvalue weighted by atomic mass is 32.2. The normalized spacial score (nSPS) is 22.6. The number of fused-ring (bicyclic) bond motifs is 2. The van der Waals surface area contributed by atoms with Gasteiger partial charge in [-0.25, -0.2) is 0 Å². The van der Waals surface area contributed by atoms with E-state index in [0.717, 1.165) is 24.8 Å². The van der Waals surface area contributed by atoms with Crippen LogP contribution in [-0.2, 0) is 27.7 Å². The van der Waals surface area contributed by atoms with Crippen molar-refractivity contribution in [3.05, 3.63) is 59.2 Å². The second kappa shape index (κ2) is 6.15. The van der Waals surface area contributed by atoms with Crippen LogP contribution in [0.2, 0.25) is 0 Å². The van der Waals surface area contributed by atoms with Crippen molar-refractivity contribution in [3.8, 4) is 5.75 Å². The zero-order chi connectivity index (χ0) is 17.6. The van der Waals surface area contributed by atoms with E-state index in [-0.39, 0.29) is 11.0 Å². The summed E-state index contributed by atoms with van der Waals surface area (Å²) in [5, 5.41) is 0. The number of benzene rings is 2. The Bertz CT molecular complexity index is 886. The van der Waals surface area contributed by atoms with E-state index >= 15 is 0 Å². The van der Waals surface area contributed by atoms with Gasteiger partial charge < -0.3 is 8.92 Å². The molecule has 0 N–H and O–H groups in total. The molecule has 1 fully saturated rings. The van der Waals surface area contributed by atoms with Gasteiger partial charge in [-0.3, -0.25) is 0 Å². The Morgan fingerprint density at radius 1 is 1.08 bits per heavy atom. The summed E-state index contributed by atoms with van der Waals surface area (Å²) in [4.78, 5) is 0.205. The van der Waals surface area contributed by atoms with Crippen LogP contribution in [0.25, 0.3) is 0 Å². The topological polar surface area (TPSA) is 55.9 Å². The lowest BCUT2D eigenvalue weighted by Gasteiger charge is -2.14. The Labute approximate surface area is 148 Å². The van der Waals surface area contributed by atoms with E-state index in [0.29, 0.717) is 17.8 Å². The fourth-order valence-electron chi connectivity index (χ4n) is 3.38. The van der Waals surface area contributed by atoms with E-state index in [2.05, 4.69) is 13.8 Å². The third-order valence-electron chi connectivity index (χ3n) is 5.26. The number of ether oxygens (including phenoxy) is 1. The van der Waals surface area contributed by atoms with Gasteiger partial charge in [-0.2, -0.15) is 8.42 Å². The number of hydrogen-bond acceptors (Lipinski definition) is 4. The minimum absolute atomic E-state index is 0.205. The largest absolute Gasteiger partial charge is 0.379 e. The molecule has 4 nitrogen and oxygen atoms in total. The van der Waals surface area contributed by atoms with E-state index in [1.807, 2.05) is 18.2 Å². The second-order valence-electron chi connectivity index (χ2n) is 6.97. The van der Waals surface area contributed by atoms with Gasteiger partial charge in [-0.05, 0) is 53.3 Å². The molecule has 2 aromatic carbocycles. The van der Waals surface area contributed by atoms with Crippen LogP contribution in [0.15, 0.2) is 47.4 Å². The molecule has 1 saturated heterocycles. The molecule has 132 valence electrons. The summed E-state index contributed by atoms with van der Waals surface area (Å²) < 4.78 is 36.1. The molecule has 0 amide bonds. The van der Waals surface area contributed by atoms with E-state index in [4.69, 9.17) is 8.92 Å². The van der Waals surface area contributed by atoms with Crippen molar-refractivity contribution in [3.63, 3.8) is 0 Å². The molecule has 2 aromatic rings. The van der Waals surface area contributed by atoms with Crippen molar-refractivity contribution in [2.24, 2.45) is 0 Å². The van der Waals surface area contributed by atoms with Crippen molar-refractivity contribution in [2.75, 3.05) is 0 Å². The minimum atomic E-state index is -3.83. The number of epoxide rings is 1. The van der Waals surface area contributed by atoms with E-state index in [1.165, 1.54) is 11.1 Å². The summed E-state index contributed by atoms with van der Waals surface area (Å²) >= 11 is 0. The van der Waals surface area contributed by atoms with Gasteiger partial charge in [0.15, 0.2) is 0 Å². The van der Waals surface area contributed by atoms with E-state index in [9.17, 15) is 8.42 Å². The van der Waals surface area contributed by atoms with Gasteiger partial charge in [0.1, 0.15) is 10.6 Å². The smallest absolute Gasteiger partial charge is 0.339 e. The van der Waals surface area contributed by atoms with Gasteiger partial charge >= 0.3 is 10.1 Å². The van der Waals surface area contributed by atoms with Gasteiger partial charge in [0.25, 0.3) is 0 Å². The summed E-state index contributed by atoms with van der Waals surface area (Å²) in [5.41, 5.74) is 3.41. The highest BCUT2D eigenvalue weighted by molar-refractivity contribution is 7.87. The maximum atomic E-state index is 12.6. The maximum Gasteiger partial charge on any atom is 0.339 e. The zero-order valence-electron chi connectivity index (χ0n) is 14.4. The fourth-order valence-corrected chi connectivity index (χ4v) is 4.36. The Morgan fingerprint density at radius 3 is 2.44 bits per heavy atom. The second-order valence-corrected chi connectivity index (χ2v) is 8.51. The summed E-state index contributed by atoms with van der Waals surface area (Å²) in [6, 6.07) is 12.5. The molecule has 0 radical (unpaired) electrons. The number of hydrogen-bond donors (Lipinski definition) is 0. The van der Waals surface area contributed by atoms with Crippen LogP contribution in [-0.4, -0.2) is 20.6 Å². The Kier molecular flexibility index (Phi) is 4.08. The third-order valence-corrected chi connectivity index (χ3v) is 6.51. The lowest BCUT2D eigenvalue weighted by atomic mass is 9.92. The molecule has 4 rings (SSSR count). The highest BCUT2D eigenvalue weighted by Crippen LogP contribution is 2.36. The van der Waals surface area contributed by atoms with Gasteiger partial charge in [0, 0.05) is 12.8 Å². The van der Waals surface area contributed by atoms with Gasteiger partial charge in [-0.1, -0.05) is 32.0 Å². The first-order valence-electron chi connectivity index (χ1n) is 8.78. The molecular formula is C20H22O4S. The molecule has 0 spiro atoms. The van der Waals surface area contributed by atoms with Crippen molar-refractivity contribution in [1.29, 1.82) is 0 Å². The minimum Gasteiger partial charge on any atom is -0.379 e. The lowest BCUT2D eigenvalue weighted by molar-refractivity contribution is 0.375. The van der Waals surface area contributed by atoms with Crippen LogP contribution in [0.5, 0.6) is 5.75 Å². The molecule has 1 aliphatic heterocycles. The van der Waals surface area contributed by atoms with Crippen LogP contribution >= 0.6 is 0 Å². The Hall–Kier alpha value is -1.85. The molecular weight excluding hydrogens is 336 g/mol. The van der Waals surface area contributed by atoms with Crippen molar-refractivity contribution >= 4 is 10.1 Å². The lowest BCUT2D eigenvalue weighted by Crippen LogP contribution is -2.15. The summed E-state index contributed by atoms with van der Waals surface area (Å²) in [5.74, 6) is 0.787. The van der Waals surface area contributed by atoms with Gasteiger partial charge in [-0.15, -0.1) is 0 Å². The standard InChI is InChI=1S/C20H22O4S/c1-3-13(2)14-4-7-17(8-5-14)24-25(21,22)18-9-6-15-11-19-20(23-19)12-16(15)10-18/h4-10,13,19-20H,3,11-12H2,1-2H3. The summed E-state index contributed by atoms with van der Waals surface area (Å²) in [7, 11) is -3.83. The average molecular weight is 358 g/mol. The zero-order valence-corrected chi connectivity index (χ0v) is 15.3. The van der Waals surface area contributed by atoms with Crippen LogP contribution in [0.4, 0.5) is 0 Å². The van der Waals surface area contributed by atoms with E-state index in [1.54, 1.807) is 24.3 Å². The van der Waals surface area contributed by atoms with Crippen LogP contribution in [0, 0.1) is 0 Å². The molecule has 0 aromatic heterocycles. The molecule has 1 heterocycles. The molecule has 3 unspecified atom stereocenters. The molecule has 1 aliphatic carbocycles. The quantitative estimate of drug-likeness (QED) is 0.602. The molecule has 25 heavy (non-hydrogen) atoms. The molecule has 0 saturated carbocycles.